The van der Waals surface area contributed by atoms with Gasteiger partial charge in [-0.25, -0.2) is 0 Å². The van der Waals surface area contributed by atoms with Crippen LogP contribution in [0, 0.1) is 5.41 Å². The van der Waals surface area contributed by atoms with E-state index in [0.29, 0.717) is 12.6 Å². The number of carbonyl (C=O) groups is 1. The summed E-state index contributed by atoms with van der Waals surface area (Å²) in [6.07, 6.45) is 6.94. The number of piperidine rings is 1. The Balaban J connectivity index is 1.56. The van der Waals surface area contributed by atoms with Gasteiger partial charge in [0.05, 0.1) is 18.6 Å². The average Bonchev–Trinajstić information content (AvgIpc) is 3.16. The SMILES string of the molecule is COCC(=O)NCC[C@]12CCO[C@H]1CCN(Cc1ccoc1)C2. The molecule has 2 saturated heterocycles. The van der Waals surface area contributed by atoms with Gasteiger partial charge in [0.15, 0.2) is 0 Å². The third-order valence-electron chi connectivity index (χ3n) is 5.05. The lowest BCUT2D eigenvalue weighted by Gasteiger charge is -2.44. The molecule has 0 radical (unpaired) electrons. The lowest BCUT2D eigenvalue weighted by atomic mass is 9.74. The van der Waals surface area contributed by atoms with Crippen molar-refractivity contribution < 1.29 is 18.7 Å². The second-order valence-corrected chi connectivity index (χ2v) is 6.64. The third-order valence-corrected chi connectivity index (χ3v) is 5.05. The standard InChI is InChI=1S/C17H26N2O4/c1-21-12-16(20)18-6-4-17-5-9-23-15(17)2-7-19(13-17)10-14-3-8-22-11-14/h3,8,11,15H,2,4-7,9-10,12-13H2,1H3,(H,18,20)/t15-,17+/m0/s1. The van der Waals surface area contributed by atoms with Crippen molar-refractivity contribution in [3.63, 3.8) is 0 Å². The van der Waals surface area contributed by atoms with Gasteiger partial charge >= 0.3 is 0 Å². The van der Waals surface area contributed by atoms with E-state index in [9.17, 15) is 4.79 Å². The van der Waals surface area contributed by atoms with Crippen LogP contribution in [0.4, 0.5) is 0 Å². The molecule has 3 rings (SSSR count). The largest absolute Gasteiger partial charge is 0.472 e. The molecular weight excluding hydrogens is 296 g/mol. The van der Waals surface area contributed by atoms with Crippen molar-refractivity contribution in [3.8, 4) is 0 Å². The fraction of sp³-hybridized carbons (Fsp3) is 0.706. The average molecular weight is 322 g/mol. The van der Waals surface area contributed by atoms with E-state index in [-0.39, 0.29) is 17.9 Å². The van der Waals surface area contributed by atoms with E-state index in [0.717, 1.165) is 45.5 Å². The minimum Gasteiger partial charge on any atom is -0.472 e. The van der Waals surface area contributed by atoms with Crippen LogP contribution >= 0.6 is 0 Å². The minimum absolute atomic E-state index is 0.0505. The third kappa shape index (κ3) is 3.94. The molecule has 2 fully saturated rings. The minimum atomic E-state index is -0.0505. The maximum absolute atomic E-state index is 11.6. The Bertz CT molecular complexity index is 505. The number of nitrogens with zero attached hydrogens (tertiary/aromatic N) is 1. The van der Waals surface area contributed by atoms with E-state index in [1.807, 2.05) is 12.3 Å². The molecule has 0 unspecified atom stereocenters. The highest BCUT2D eigenvalue weighted by molar-refractivity contribution is 5.77. The zero-order chi connectivity index (χ0) is 16.1. The van der Waals surface area contributed by atoms with E-state index in [1.54, 1.807) is 6.26 Å². The normalized spacial score (nSPS) is 27.8. The van der Waals surface area contributed by atoms with Crippen LogP contribution < -0.4 is 5.32 Å². The first-order chi connectivity index (χ1) is 11.2. The number of nitrogens with one attached hydrogen (secondary N) is 1. The molecule has 1 amide bonds. The van der Waals surface area contributed by atoms with Gasteiger partial charge in [-0.2, -0.15) is 0 Å². The number of fused-ring (bicyclic) bond motifs is 1. The van der Waals surface area contributed by atoms with E-state index < -0.39 is 0 Å². The Morgan fingerprint density at radius 3 is 3.26 bits per heavy atom. The molecule has 2 aliphatic heterocycles. The summed E-state index contributed by atoms with van der Waals surface area (Å²) in [6, 6.07) is 2.02. The molecule has 1 aromatic heterocycles. The molecule has 1 aromatic rings. The maximum atomic E-state index is 11.6. The molecule has 3 heterocycles. The number of ether oxygens (including phenoxy) is 2. The van der Waals surface area contributed by atoms with E-state index in [2.05, 4.69) is 10.2 Å². The quantitative estimate of drug-likeness (QED) is 0.822. The summed E-state index contributed by atoms with van der Waals surface area (Å²) in [7, 11) is 1.54. The zero-order valence-corrected chi connectivity index (χ0v) is 13.8. The maximum Gasteiger partial charge on any atom is 0.245 e. The van der Waals surface area contributed by atoms with Crippen LogP contribution in [0.15, 0.2) is 23.0 Å². The van der Waals surface area contributed by atoms with Gasteiger partial charge < -0.3 is 19.2 Å². The van der Waals surface area contributed by atoms with E-state index >= 15 is 0 Å². The molecular formula is C17H26N2O4. The van der Waals surface area contributed by atoms with Crippen molar-refractivity contribution in [1.82, 2.24) is 10.2 Å². The van der Waals surface area contributed by atoms with Crippen molar-refractivity contribution in [2.24, 2.45) is 5.41 Å². The van der Waals surface area contributed by atoms with Crippen LogP contribution in [0.1, 0.15) is 24.8 Å². The molecule has 0 aliphatic carbocycles. The molecule has 23 heavy (non-hydrogen) atoms. The number of furan rings is 1. The predicted octanol–water partition coefficient (Wildman–Crippen LogP) is 1.41. The Labute approximate surface area is 137 Å². The first-order valence-corrected chi connectivity index (χ1v) is 8.32. The summed E-state index contributed by atoms with van der Waals surface area (Å²) < 4.78 is 16.0. The van der Waals surface area contributed by atoms with Gasteiger partial charge in [0.1, 0.15) is 6.61 Å². The summed E-state index contributed by atoms with van der Waals surface area (Å²) in [4.78, 5) is 14.0. The number of amides is 1. The lowest BCUT2D eigenvalue weighted by molar-refractivity contribution is -0.125. The summed E-state index contributed by atoms with van der Waals surface area (Å²) in [5, 5.41) is 2.95. The summed E-state index contributed by atoms with van der Waals surface area (Å²) in [6.45, 7) is 4.62. The molecule has 0 spiro atoms. The van der Waals surface area contributed by atoms with Crippen LogP contribution in [0.3, 0.4) is 0 Å². The fourth-order valence-electron chi connectivity index (χ4n) is 3.91. The van der Waals surface area contributed by atoms with Gasteiger partial charge in [0, 0.05) is 50.9 Å². The topological polar surface area (TPSA) is 63.9 Å². The van der Waals surface area contributed by atoms with E-state index in [4.69, 9.17) is 13.9 Å². The number of likely N-dealkylation sites (tertiary alicyclic amines) is 1. The van der Waals surface area contributed by atoms with Crippen molar-refractivity contribution in [3.05, 3.63) is 24.2 Å². The van der Waals surface area contributed by atoms with Crippen LogP contribution in [-0.2, 0) is 20.8 Å². The number of methoxy groups -OCH3 is 1. The van der Waals surface area contributed by atoms with Gasteiger partial charge in [-0.3, -0.25) is 9.69 Å². The first kappa shape index (κ1) is 16.5. The zero-order valence-electron chi connectivity index (χ0n) is 13.8. The van der Waals surface area contributed by atoms with E-state index in [1.165, 1.54) is 12.7 Å². The summed E-state index contributed by atoms with van der Waals surface area (Å²) >= 11 is 0. The number of rotatable bonds is 7. The molecule has 2 atom stereocenters. The van der Waals surface area contributed by atoms with Crippen molar-refractivity contribution >= 4 is 5.91 Å². The number of hydrogen-bond donors (Lipinski definition) is 1. The highest BCUT2D eigenvalue weighted by Crippen LogP contribution is 2.43. The highest BCUT2D eigenvalue weighted by Gasteiger charge is 2.47. The molecule has 2 aliphatic rings. The first-order valence-electron chi connectivity index (χ1n) is 8.32. The Morgan fingerprint density at radius 2 is 2.48 bits per heavy atom. The Hall–Kier alpha value is -1.37. The van der Waals surface area contributed by atoms with Crippen LogP contribution in [0.5, 0.6) is 0 Å². The van der Waals surface area contributed by atoms with Gasteiger partial charge in [-0.1, -0.05) is 0 Å². The second kappa shape index (κ2) is 7.47. The van der Waals surface area contributed by atoms with Crippen molar-refractivity contribution in [1.29, 1.82) is 0 Å². The fourth-order valence-corrected chi connectivity index (χ4v) is 3.91. The summed E-state index contributed by atoms with van der Waals surface area (Å²) in [5.41, 5.74) is 1.37. The summed E-state index contributed by atoms with van der Waals surface area (Å²) in [5.74, 6) is -0.0505. The predicted molar refractivity (Wildman–Crippen MR) is 84.9 cm³/mol. The Kier molecular flexibility index (Phi) is 5.35. The highest BCUT2D eigenvalue weighted by atomic mass is 16.5. The molecule has 0 bridgehead atoms. The second-order valence-electron chi connectivity index (χ2n) is 6.64. The smallest absolute Gasteiger partial charge is 0.245 e. The molecule has 1 N–H and O–H groups in total. The molecule has 0 aromatic carbocycles. The van der Waals surface area contributed by atoms with Crippen molar-refractivity contribution in [2.45, 2.75) is 31.9 Å². The van der Waals surface area contributed by atoms with Crippen molar-refractivity contribution in [2.75, 3.05) is 40.0 Å². The molecule has 0 saturated carbocycles. The molecule has 128 valence electrons. The number of carbonyl (C=O) groups excluding carboxylic acids is 1. The molecule has 6 heteroatoms. The van der Waals surface area contributed by atoms with Gasteiger partial charge in [-0.15, -0.1) is 0 Å². The van der Waals surface area contributed by atoms with Gasteiger partial charge in [0.2, 0.25) is 5.91 Å². The lowest BCUT2D eigenvalue weighted by Crippen LogP contribution is -2.50. The molecule has 6 nitrogen and oxygen atoms in total. The van der Waals surface area contributed by atoms with Crippen LogP contribution in [-0.4, -0.2) is 56.9 Å². The Morgan fingerprint density at radius 1 is 1.57 bits per heavy atom. The number of hydrogen-bond acceptors (Lipinski definition) is 5. The van der Waals surface area contributed by atoms with Gasteiger partial charge in [0.25, 0.3) is 0 Å². The van der Waals surface area contributed by atoms with Crippen LogP contribution in [0.2, 0.25) is 0 Å². The monoisotopic (exact) mass is 322 g/mol. The van der Waals surface area contributed by atoms with Crippen LogP contribution in [0.25, 0.3) is 0 Å². The van der Waals surface area contributed by atoms with Gasteiger partial charge in [-0.05, 0) is 25.3 Å².